The largest absolute Gasteiger partial charge is 0.423 e. The van der Waals surface area contributed by atoms with Crippen LogP contribution in [0.15, 0.2) is 41.3 Å². The van der Waals surface area contributed by atoms with E-state index < -0.39 is 6.72 Å². The van der Waals surface area contributed by atoms with E-state index in [2.05, 4.69) is 0 Å². The molecule has 2 aromatic carbocycles. The van der Waals surface area contributed by atoms with Crippen LogP contribution in [0.2, 0.25) is 10.0 Å². The van der Waals surface area contributed by atoms with Gasteiger partial charge in [-0.1, -0.05) is 23.2 Å². The van der Waals surface area contributed by atoms with Gasteiger partial charge in [0, 0.05) is 37.9 Å². The average molecular weight is 437 g/mol. The highest BCUT2D eigenvalue weighted by molar-refractivity contribution is 8.07. The van der Waals surface area contributed by atoms with Crippen LogP contribution in [0.3, 0.4) is 0 Å². The van der Waals surface area contributed by atoms with Gasteiger partial charge in [-0.25, -0.2) is 0 Å². The fraction of sp³-hybridized carbons (Fsp3) is 0.294. The van der Waals surface area contributed by atoms with Crippen LogP contribution < -0.4 is 4.52 Å². The maximum absolute atomic E-state index is 6.39. The van der Waals surface area contributed by atoms with Crippen molar-refractivity contribution in [1.29, 1.82) is 0 Å². The summed E-state index contributed by atoms with van der Waals surface area (Å²) in [5.41, 5.74) is 1.57. The lowest BCUT2D eigenvalue weighted by atomic mass is 10.0. The van der Waals surface area contributed by atoms with Crippen LogP contribution in [0.5, 0.6) is 5.75 Å². The molecule has 0 saturated heterocycles. The van der Waals surface area contributed by atoms with E-state index in [-0.39, 0.29) is 0 Å². The smallest absolute Gasteiger partial charge is 0.380 e. The average Bonchev–Trinajstić information content (AvgIpc) is 2.58. The Kier molecular flexibility index (Phi) is 8.09. The van der Waals surface area contributed by atoms with Crippen molar-refractivity contribution in [2.75, 3.05) is 19.5 Å². The summed E-state index contributed by atoms with van der Waals surface area (Å²) in [7, 11) is 0. The van der Waals surface area contributed by atoms with E-state index in [0.717, 1.165) is 16.0 Å². The van der Waals surface area contributed by atoms with Crippen LogP contribution in [0, 0.1) is 0 Å². The molecule has 0 atom stereocenters. The molecule has 3 nitrogen and oxygen atoms in total. The van der Waals surface area contributed by atoms with Crippen molar-refractivity contribution >= 4 is 53.5 Å². The van der Waals surface area contributed by atoms with Crippen LogP contribution in [0.25, 0.3) is 11.1 Å². The minimum atomic E-state index is -2.89. The van der Waals surface area contributed by atoms with Gasteiger partial charge in [0.25, 0.3) is 0 Å². The number of benzene rings is 2. The molecule has 25 heavy (non-hydrogen) atoms. The maximum atomic E-state index is 6.39. The third-order valence-corrected chi connectivity index (χ3v) is 6.91. The van der Waals surface area contributed by atoms with Gasteiger partial charge in [0.15, 0.2) is 0 Å². The fourth-order valence-corrected chi connectivity index (χ4v) is 5.07. The fourth-order valence-electron chi connectivity index (χ4n) is 2.16. The van der Waals surface area contributed by atoms with E-state index in [0.29, 0.717) is 29.0 Å². The first kappa shape index (κ1) is 21.0. The molecule has 8 heteroatoms. The van der Waals surface area contributed by atoms with Crippen molar-refractivity contribution < 1.29 is 13.6 Å². The predicted octanol–water partition coefficient (Wildman–Crippen LogP) is 7.06. The minimum Gasteiger partial charge on any atom is -0.423 e. The van der Waals surface area contributed by atoms with Crippen molar-refractivity contribution in [2.24, 2.45) is 0 Å². The molecule has 0 unspecified atom stereocenters. The van der Waals surface area contributed by atoms with Gasteiger partial charge in [0.1, 0.15) is 5.75 Å². The third kappa shape index (κ3) is 5.61. The monoisotopic (exact) mass is 436 g/mol. The van der Waals surface area contributed by atoms with E-state index in [9.17, 15) is 0 Å². The lowest BCUT2D eigenvalue weighted by molar-refractivity contribution is 0.218. The van der Waals surface area contributed by atoms with Crippen LogP contribution in [-0.2, 0) is 20.9 Å². The summed E-state index contributed by atoms with van der Waals surface area (Å²) in [4.78, 5) is 1.07. The molecule has 0 amide bonds. The zero-order valence-corrected chi connectivity index (χ0v) is 18.2. The molecule has 0 spiro atoms. The highest BCUT2D eigenvalue weighted by Gasteiger charge is 2.24. The van der Waals surface area contributed by atoms with Crippen LogP contribution in [0.4, 0.5) is 0 Å². The molecule has 0 radical (unpaired) electrons. The molecule has 2 rings (SSSR count). The molecule has 136 valence electrons. The van der Waals surface area contributed by atoms with E-state index in [1.165, 1.54) is 0 Å². The number of thioether (sulfide) groups is 1. The second-order valence-electron chi connectivity index (χ2n) is 4.86. The zero-order chi connectivity index (χ0) is 18.4. The van der Waals surface area contributed by atoms with Crippen molar-refractivity contribution in [3.8, 4) is 16.9 Å². The molecule has 0 aliphatic carbocycles. The Hall–Kier alpha value is -0.260. The van der Waals surface area contributed by atoms with Gasteiger partial charge < -0.3 is 4.52 Å². The molecule has 0 fully saturated rings. The standard InChI is InChI=1S/C17H19Cl2O3PS2/c1-4-20-23(24,21-5-2)22-17-9-7-13(25-3)11-15(17)14-10-12(18)6-8-16(14)19/h6-11H,4-5H2,1-3H3. The Morgan fingerprint density at radius 2 is 1.68 bits per heavy atom. The highest BCUT2D eigenvalue weighted by Crippen LogP contribution is 2.52. The van der Waals surface area contributed by atoms with Crippen LogP contribution >= 0.6 is 41.7 Å². The van der Waals surface area contributed by atoms with E-state index in [4.69, 9.17) is 48.6 Å². The highest BCUT2D eigenvalue weighted by atomic mass is 35.5. The van der Waals surface area contributed by atoms with E-state index in [1.807, 2.05) is 38.3 Å². The summed E-state index contributed by atoms with van der Waals surface area (Å²) in [6.07, 6.45) is 2.00. The summed E-state index contributed by atoms with van der Waals surface area (Å²) in [6.45, 7) is 1.64. The molecular weight excluding hydrogens is 418 g/mol. The summed E-state index contributed by atoms with van der Waals surface area (Å²) in [5, 5.41) is 1.17. The number of rotatable bonds is 8. The number of hydrogen-bond acceptors (Lipinski definition) is 5. The topological polar surface area (TPSA) is 27.7 Å². The van der Waals surface area contributed by atoms with Crippen molar-refractivity contribution in [2.45, 2.75) is 18.7 Å². The molecular formula is C17H19Cl2O3PS2. The van der Waals surface area contributed by atoms with Crippen LogP contribution in [-0.4, -0.2) is 19.5 Å². The maximum Gasteiger partial charge on any atom is 0.380 e. The zero-order valence-electron chi connectivity index (χ0n) is 14.1. The molecule has 2 aromatic rings. The SMILES string of the molecule is CCOP(=S)(OCC)Oc1ccc(SC)cc1-c1cc(Cl)ccc1Cl. The Balaban J connectivity index is 2.55. The summed E-state index contributed by atoms with van der Waals surface area (Å²) >= 11 is 19.7. The van der Waals surface area contributed by atoms with Gasteiger partial charge in [-0.15, -0.1) is 11.8 Å². The Morgan fingerprint density at radius 1 is 1.00 bits per heavy atom. The number of hydrogen-bond donors (Lipinski definition) is 0. The van der Waals surface area contributed by atoms with Gasteiger partial charge >= 0.3 is 6.72 Å². The van der Waals surface area contributed by atoms with Gasteiger partial charge in [-0.2, -0.15) is 0 Å². The molecule has 0 aliphatic heterocycles. The molecule has 0 aliphatic rings. The first-order valence-electron chi connectivity index (χ1n) is 7.64. The first-order chi connectivity index (χ1) is 11.9. The summed E-state index contributed by atoms with van der Waals surface area (Å²) in [5.74, 6) is 0.562. The van der Waals surface area contributed by atoms with Crippen molar-refractivity contribution in [3.63, 3.8) is 0 Å². The second-order valence-corrected chi connectivity index (χ2v) is 9.52. The lowest BCUT2D eigenvalue weighted by Gasteiger charge is -2.23. The molecule has 0 saturated carbocycles. The Morgan fingerprint density at radius 3 is 2.28 bits per heavy atom. The molecule has 0 N–H and O–H groups in total. The van der Waals surface area contributed by atoms with Gasteiger partial charge in [0.2, 0.25) is 0 Å². The normalized spacial score (nSPS) is 11.6. The third-order valence-electron chi connectivity index (χ3n) is 3.19. The van der Waals surface area contributed by atoms with E-state index in [1.54, 1.807) is 30.0 Å². The van der Waals surface area contributed by atoms with Gasteiger partial charge in [-0.05, 0) is 56.5 Å². The molecule has 0 aromatic heterocycles. The molecule has 0 heterocycles. The van der Waals surface area contributed by atoms with Crippen molar-refractivity contribution in [3.05, 3.63) is 46.4 Å². The number of halogens is 2. The predicted molar refractivity (Wildman–Crippen MR) is 112 cm³/mol. The van der Waals surface area contributed by atoms with Crippen molar-refractivity contribution in [1.82, 2.24) is 0 Å². The van der Waals surface area contributed by atoms with Gasteiger partial charge in [0.05, 0.1) is 13.2 Å². The van der Waals surface area contributed by atoms with Gasteiger partial charge in [-0.3, -0.25) is 9.05 Å². The quantitative estimate of drug-likeness (QED) is 0.326. The molecule has 0 bridgehead atoms. The lowest BCUT2D eigenvalue weighted by Crippen LogP contribution is -2.03. The Labute approximate surface area is 168 Å². The summed E-state index contributed by atoms with van der Waals surface area (Å²) < 4.78 is 17.2. The van der Waals surface area contributed by atoms with Crippen LogP contribution in [0.1, 0.15) is 13.8 Å². The van der Waals surface area contributed by atoms with E-state index >= 15 is 0 Å². The first-order valence-corrected chi connectivity index (χ1v) is 12.2. The minimum absolute atomic E-state index is 0.410. The second kappa shape index (κ2) is 9.61. The summed E-state index contributed by atoms with van der Waals surface area (Å²) in [6, 6.07) is 11.1. The Bertz CT molecular complexity index is 776.